The summed E-state index contributed by atoms with van der Waals surface area (Å²) in [5, 5.41) is 5.95. The number of nitrogens with one attached hydrogen (secondary N) is 1. The minimum absolute atomic E-state index is 0.276. The highest BCUT2D eigenvalue weighted by molar-refractivity contribution is 7.98. The second kappa shape index (κ2) is 9.19. The lowest BCUT2D eigenvalue weighted by Crippen LogP contribution is -2.44. The fourth-order valence-electron chi connectivity index (χ4n) is 2.04. The van der Waals surface area contributed by atoms with Crippen LogP contribution < -0.4 is 5.32 Å². The normalized spacial score (nSPS) is 11.2. The van der Waals surface area contributed by atoms with Crippen molar-refractivity contribution in [3.05, 3.63) is 45.9 Å². The molecule has 1 aromatic carbocycles. The summed E-state index contributed by atoms with van der Waals surface area (Å²) in [5.41, 5.74) is 1.18. The number of esters is 1. The fraction of sp³-hybridized carbons (Fsp3) is 0.421. The van der Waals surface area contributed by atoms with E-state index in [2.05, 4.69) is 15.7 Å². The van der Waals surface area contributed by atoms with E-state index < -0.39 is 5.97 Å². The number of hydrogen-bond donors (Lipinski definition) is 1. The third-order valence-electron chi connectivity index (χ3n) is 3.84. The van der Waals surface area contributed by atoms with Gasteiger partial charge in [-0.2, -0.15) is 0 Å². The predicted octanol–water partition coefficient (Wildman–Crippen LogP) is 4.21. The van der Waals surface area contributed by atoms with E-state index in [9.17, 15) is 9.59 Å². The molecule has 0 aliphatic heterocycles. The monoisotopic (exact) mass is 392 g/mol. The van der Waals surface area contributed by atoms with E-state index in [4.69, 9.17) is 4.74 Å². The van der Waals surface area contributed by atoms with Gasteiger partial charge < -0.3 is 10.1 Å². The molecule has 0 fully saturated rings. The first-order chi connectivity index (χ1) is 12.3. The van der Waals surface area contributed by atoms with E-state index in [1.165, 1.54) is 0 Å². The Labute approximate surface area is 162 Å². The molecule has 2 aromatic rings. The maximum Gasteiger partial charge on any atom is 0.338 e. The number of benzene rings is 1. The summed E-state index contributed by atoms with van der Waals surface area (Å²) in [4.78, 5) is 29.4. The van der Waals surface area contributed by atoms with E-state index in [0.717, 1.165) is 27.8 Å². The van der Waals surface area contributed by atoms with E-state index >= 15 is 0 Å². The predicted molar refractivity (Wildman–Crippen MR) is 106 cm³/mol. The number of carbonyl (C=O) groups excluding carboxylic acids is 2. The fourth-order valence-corrected chi connectivity index (χ4v) is 3.54. The number of aryl methyl sites for hydroxylation is 1. The van der Waals surface area contributed by atoms with Crippen LogP contribution in [0.25, 0.3) is 0 Å². The van der Waals surface area contributed by atoms with Gasteiger partial charge in [0, 0.05) is 21.6 Å². The van der Waals surface area contributed by atoms with Crippen molar-refractivity contribution in [2.75, 3.05) is 6.61 Å². The number of hydrogen-bond acceptors (Lipinski definition) is 6. The third-order valence-corrected chi connectivity index (χ3v) is 5.71. The van der Waals surface area contributed by atoms with Gasteiger partial charge in [0.1, 0.15) is 0 Å². The molecule has 1 aromatic heterocycles. The van der Waals surface area contributed by atoms with Crippen LogP contribution in [0.1, 0.15) is 48.3 Å². The molecule has 5 nitrogen and oxygen atoms in total. The molecule has 0 aliphatic carbocycles. The number of amides is 1. The zero-order valence-corrected chi connectivity index (χ0v) is 17.1. The van der Waals surface area contributed by atoms with Crippen molar-refractivity contribution in [3.8, 4) is 0 Å². The van der Waals surface area contributed by atoms with Crippen LogP contribution >= 0.6 is 23.1 Å². The van der Waals surface area contributed by atoms with Crippen LogP contribution in [-0.2, 0) is 15.3 Å². The number of thiazole rings is 1. The Morgan fingerprint density at radius 1 is 1.27 bits per heavy atom. The van der Waals surface area contributed by atoms with Gasteiger partial charge in [-0.1, -0.05) is 6.92 Å². The number of ether oxygens (including phenoxy) is 1. The molecule has 7 heteroatoms. The molecule has 1 amide bonds. The maximum absolute atomic E-state index is 12.1. The quantitative estimate of drug-likeness (QED) is 0.538. The van der Waals surface area contributed by atoms with Gasteiger partial charge in [0.05, 0.1) is 16.3 Å². The number of nitrogens with zero attached hydrogens (tertiary/aromatic N) is 1. The zero-order chi connectivity index (χ0) is 19.2. The molecule has 0 saturated carbocycles. The van der Waals surface area contributed by atoms with E-state index in [-0.39, 0.29) is 18.1 Å². The maximum atomic E-state index is 12.1. The van der Waals surface area contributed by atoms with E-state index in [1.807, 2.05) is 39.8 Å². The largest absolute Gasteiger partial charge is 0.452 e. The number of carbonyl (C=O) groups is 2. The van der Waals surface area contributed by atoms with Crippen molar-refractivity contribution in [1.82, 2.24) is 10.3 Å². The van der Waals surface area contributed by atoms with Gasteiger partial charge in [-0.25, -0.2) is 9.78 Å². The summed E-state index contributed by atoms with van der Waals surface area (Å²) >= 11 is 3.30. The number of rotatable bonds is 8. The van der Waals surface area contributed by atoms with Crippen molar-refractivity contribution < 1.29 is 14.3 Å². The summed E-state index contributed by atoms with van der Waals surface area (Å²) in [7, 11) is 0. The second-order valence-corrected chi connectivity index (χ2v) is 8.64. The van der Waals surface area contributed by atoms with Crippen molar-refractivity contribution in [2.24, 2.45) is 0 Å². The van der Waals surface area contributed by atoms with Crippen LogP contribution in [0, 0.1) is 6.92 Å². The van der Waals surface area contributed by atoms with E-state index in [0.29, 0.717) is 5.56 Å². The zero-order valence-electron chi connectivity index (χ0n) is 15.5. The Kier molecular flexibility index (Phi) is 7.23. The van der Waals surface area contributed by atoms with Gasteiger partial charge in [-0.15, -0.1) is 23.1 Å². The van der Waals surface area contributed by atoms with Crippen LogP contribution in [-0.4, -0.2) is 29.0 Å². The molecular formula is C19H24N2O3S2. The molecule has 26 heavy (non-hydrogen) atoms. The Balaban J connectivity index is 1.81. The first kappa shape index (κ1) is 20.5. The number of thioether (sulfide) groups is 1. The van der Waals surface area contributed by atoms with E-state index in [1.54, 1.807) is 35.2 Å². The minimum atomic E-state index is -0.499. The Hall–Kier alpha value is -1.86. The highest BCUT2D eigenvalue weighted by atomic mass is 32.2. The summed E-state index contributed by atoms with van der Waals surface area (Å²) < 4.78 is 5.09. The lowest BCUT2D eigenvalue weighted by molar-refractivity contribution is -0.125. The van der Waals surface area contributed by atoms with Crippen LogP contribution in [0.5, 0.6) is 0 Å². The van der Waals surface area contributed by atoms with Crippen LogP contribution in [0.3, 0.4) is 0 Å². The lowest BCUT2D eigenvalue weighted by Gasteiger charge is -2.24. The van der Waals surface area contributed by atoms with Crippen molar-refractivity contribution in [2.45, 2.75) is 50.3 Å². The molecule has 2 rings (SSSR count). The molecule has 0 aliphatic rings. The molecular weight excluding hydrogens is 368 g/mol. The Morgan fingerprint density at radius 2 is 1.96 bits per heavy atom. The van der Waals surface area contributed by atoms with Crippen LogP contribution in [0.2, 0.25) is 0 Å². The van der Waals surface area contributed by atoms with Gasteiger partial charge in [0.15, 0.2) is 6.61 Å². The summed E-state index contributed by atoms with van der Waals surface area (Å²) in [6.07, 6.45) is 0.798. The summed E-state index contributed by atoms with van der Waals surface area (Å²) in [6, 6.07) is 7.18. The van der Waals surface area contributed by atoms with Crippen LogP contribution in [0.15, 0.2) is 34.5 Å². The summed E-state index contributed by atoms with van der Waals surface area (Å²) in [5.74, 6) is -0.00121. The van der Waals surface area contributed by atoms with Crippen molar-refractivity contribution in [1.29, 1.82) is 0 Å². The van der Waals surface area contributed by atoms with Crippen molar-refractivity contribution in [3.63, 3.8) is 0 Å². The highest BCUT2D eigenvalue weighted by Crippen LogP contribution is 2.24. The topological polar surface area (TPSA) is 68.3 Å². The lowest BCUT2D eigenvalue weighted by atomic mass is 10.0. The van der Waals surface area contributed by atoms with Crippen LogP contribution in [0.4, 0.5) is 0 Å². The summed E-state index contributed by atoms with van der Waals surface area (Å²) in [6.45, 7) is 7.55. The SMILES string of the molecule is CCC(C)(C)NC(=O)COC(=O)c1ccc(SCc2csc(C)n2)cc1. The van der Waals surface area contributed by atoms with Gasteiger partial charge in [0.2, 0.25) is 0 Å². The van der Waals surface area contributed by atoms with Gasteiger partial charge in [-0.3, -0.25) is 4.79 Å². The molecule has 0 radical (unpaired) electrons. The first-order valence-corrected chi connectivity index (χ1v) is 10.3. The second-order valence-electron chi connectivity index (χ2n) is 6.53. The first-order valence-electron chi connectivity index (χ1n) is 8.41. The molecule has 0 spiro atoms. The Morgan fingerprint density at radius 3 is 2.54 bits per heavy atom. The smallest absolute Gasteiger partial charge is 0.338 e. The molecule has 1 N–H and O–H groups in total. The molecule has 0 atom stereocenters. The van der Waals surface area contributed by atoms with Gasteiger partial charge in [-0.05, 0) is 51.5 Å². The van der Waals surface area contributed by atoms with Gasteiger partial charge >= 0.3 is 5.97 Å². The third kappa shape index (κ3) is 6.46. The average molecular weight is 393 g/mol. The molecule has 0 saturated heterocycles. The Bertz CT molecular complexity index is 754. The molecule has 140 valence electrons. The standard InChI is InChI=1S/C19H24N2O3S2/c1-5-19(3,4)21-17(22)10-24-18(23)14-6-8-16(9-7-14)26-12-15-11-25-13(2)20-15/h6-9,11H,5,10,12H2,1-4H3,(H,21,22). The average Bonchev–Trinajstić information content (AvgIpc) is 3.03. The molecule has 0 unspecified atom stereocenters. The number of aromatic nitrogens is 1. The minimum Gasteiger partial charge on any atom is -0.452 e. The van der Waals surface area contributed by atoms with Gasteiger partial charge in [0.25, 0.3) is 5.91 Å². The van der Waals surface area contributed by atoms with Crippen molar-refractivity contribution >= 4 is 35.0 Å². The highest BCUT2D eigenvalue weighted by Gasteiger charge is 2.19. The molecule has 0 bridgehead atoms. The molecule has 1 heterocycles.